The molecule has 0 saturated heterocycles. The van der Waals surface area contributed by atoms with Crippen molar-refractivity contribution in [3.63, 3.8) is 0 Å². The first-order chi connectivity index (χ1) is 16.5. The van der Waals surface area contributed by atoms with Gasteiger partial charge in [0.25, 0.3) is 5.56 Å². The van der Waals surface area contributed by atoms with Gasteiger partial charge in [-0.2, -0.15) is 0 Å². The first-order valence-electron chi connectivity index (χ1n) is 11.2. The van der Waals surface area contributed by atoms with Crippen molar-refractivity contribution in [1.82, 2.24) is 24.1 Å². The van der Waals surface area contributed by atoms with Crippen LogP contribution >= 0.6 is 11.8 Å². The quantitative estimate of drug-likeness (QED) is 0.414. The Morgan fingerprint density at radius 3 is 2.41 bits per heavy atom. The molecule has 1 amide bonds. The Morgan fingerprint density at radius 2 is 1.71 bits per heavy atom. The fourth-order valence-corrected chi connectivity index (χ4v) is 5.06. The van der Waals surface area contributed by atoms with Crippen LogP contribution in [0.1, 0.15) is 35.3 Å². The first-order valence-corrected chi connectivity index (χ1v) is 12.1. The molecular formula is C25H26N6O2S. The van der Waals surface area contributed by atoms with Gasteiger partial charge in [0.15, 0.2) is 5.16 Å². The van der Waals surface area contributed by atoms with E-state index in [1.165, 1.54) is 17.3 Å². The molecule has 1 saturated carbocycles. The van der Waals surface area contributed by atoms with Gasteiger partial charge in [-0.15, -0.1) is 10.2 Å². The summed E-state index contributed by atoms with van der Waals surface area (Å²) in [7, 11) is 3.74. The number of carbonyl (C=O) groups is 1. The summed E-state index contributed by atoms with van der Waals surface area (Å²) in [6, 6.07) is 19.8. The summed E-state index contributed by atoms with van der Waals surface area (Å²) in [5, 5.41) is 12.2. The Hall–Kier alpha value is -3.59. The van der Waals surface area contributed by atoms with Crippen molar-refractivity contribution in [3.8, 4) is 5.69 Å². The molecule has 1 aliphatic carbocycles. The molecule has 8 nitrogen and oxygen atoms in total. The van der Waals surface area contributed by atoms with Crippen LogP contribution in [0.15, 0.2) is 70.6 Å². The van der Waals surface area contributed by atoms with Crippen molar-refractivity contribution in [2.45, 2.75) is 30.3 Å². The molecule has 2 heterocycles. The largest absolute Gasteiger partial charge is 0.319 e. The van der Waals surface area contributed by atoms with Crippen molar-refractivity contribution in [2.75, 3.05) is 11.1 Å². The Balaban J connectivity index is 1.25. The van der Waals surface area contributed by atoms with Crippen LogP contribution in [-0.2, 0) is 18.9 Å². The summed E-state index contributed by atoms with van der Waals surface area (Å²) in [4.78, 5) is 25.7. The van der Waals surface area contributed by atoms with Gasteiger partial charge >= 0.3 is 0 Å². The normalized spacial score (nSPS) is 17.0. The lowest BCUT2D eigenvalue weighted by molar-refractivity contribution is -0.113. The number of benzene rings is 2. The predicted octanol–water partition coefficient (Wildman–Crippen LogP) is 3.61. The molecule has 1 N–H and O–H groups in total. The lowest BCUT2D eigenvalue weighted by Gasteiger charge is -2.07. The Morgan fingerprint density at radius 1 is 1.03 bits per heavy atom. The number of hydrogen-bond acceptors (Lipinski definition) is 5. The van der Waals surface area contributed by atoms with Crippen molar-refractivity contribution >= 4 is 23.4 Å². The van der Waals surface area contributed by atoms with Crippen LogP contribution in [-0.4, -0.2) is 35.8 Å². The van der Waals surface area contributed by atoms with E-state index in [0.29, 0.717) is 28.4 Å². The Kier molecular flexibility index (Phi) is 5.87. The summed E-state index contributed by atoms with van der Waals surface area (Å²) in [6.07, 6.45) is 1.06. The number of thioether (sulfide) groups is 1. The van der Waals surface area contributed by atoms with Gasteiger partial charge in [-0.1, -0.05) is 60.3 Å². The van der Waals surface area contributed by atoms with Crippen molar-refractivity contribution in [3.05, 3.63) is 88.1 Å². The molecule has 9 heteroatoms. The topological polar surface area (TPSA) is 86.7 Å². The van der Waals surface area contributed by atoms with Crippen LogP contribution in [0.5, 0.6) is 0 Å². The first kappa shape index (κ1) is 22.2. The number of nitrogens with one attached hydrogen (secondary N) is 1. The van der Waals surface area contributed by atoms with Gasteiger partial charge in [0, 0.05) is 20.0 Å². The molecule has 0 aliphatic heterocycles. The van der Waals surface area contributed by atoms with E-state index in [4.69, 9.17) is 0 Å². The molecule has 0 radical (unpaired) electrons. The summed E-state index contributed by atoms with van der Waals surface area (Å²) in [5.74, 6) is 1.65. The van der Waals surface area contributed by atoms with Gasteiger partial charge in [0.2, 0.25) is 5.91 Å². The summed E-state index contributed by atoms with van der Waals surface area (Å²) >= 11 is 1.32. The zero-order valence-electron chi connectivity index (χ0n) is 19.3. The van der Waals surface area contributed by atoms with Crippen molar-refractivity contribution in [2.24, 2.45) is 14.1 Å². The maximum Gasteiger partial charge on any atom is 0.295 e. The highest BCUT2D eigenvalue weighted by Gasteiger charge is 2.42. The van der Waals surface area contributed by atoms with E-state index in [0.717, 1.165) is 17.9 Å². The third-order valence-corrected chi connectivity index (χ3v) is 7.39. The van der Waals surface area contributed by atoms with Crippen LogP contribution in [0.25, 0.3) is 5.69 Å². The molecule has 0 spiro atoms. The minimum Gasteiger partial charge on any atom is -0.319 e. The van der Waals surface area contributed by atoms with Crippen LogP contribution in [0.3, 0.4) is 0 Å². The van der Waals surface area contributed by atoms with Gasteiger partial charge in [-0.25, -0.2) is 4.68 Å². The summed E-state index contributed by atoms with van der Waals surface area (Å²) in [5.41, 5.74) is 2.79. The van der Waals surface area contributed by atoms with Gasteiger partial charge in [0.1, 0.15) is 11.5 Å². The molecule has 34 heavy (non-hydrogen) atoms. The number of aromatic nitrogens is 5. The molecule has 1 aliphatic rings. The van der Waals surface area contributed by atoms with Gasteiger partial charge in [0.05, 0.1) is 17.1 Å². The average molecular weight is 475 g/mol. The molecule has 174 valence electrons. The maximum absolute atomic E-state index is 13.0. The van der Waals surface area contributed by atoms with E-state index in [2.05, 4.69) is 39.8 Å². The lowest BCUT2D eigenvalue weighted by atomic mass is 10.1. The van der Waals surface area contributed by atoms with E-state index in [1.54, 1.807) is 16.4 Å². The van der Waals surface area contributed by atoms with E-state index in [9.17, 15) is 9.59 Å². The number of nitrogens with zero attached hydrogens (tertiary/aromatic N) is 5. The fraction of sp³-hybridized carbons (Fsp3) is 0.280. The molecule has 4 aromatic rings. The molecular weight excluding hydrogens is 448 g/mol. The monoisotopic (exact) mass is 474 g/mol. The Bertz CT molecular complexity index is 1390. The van der Waals surface area contributed by atoms with Crippen molar-refractivity contribution < 1.29 is 4.79 Å². The van der Waals surface area contributed by atoms with Crippen molar-refractivity contribution in [1.29, 1.82) is 0 Å². The SMILES string of the molecule is Cc1c(NC(=O)CSc2nnc(C3CC3c3ccccc3)n2C)c(=O)n(-c2ccccc2)n1C. The number of hydrogen-bond donors (Lipinski definition) is 1. The number of anilines is 1. The lowest BCUT2D eigenvalue weighted by Crippen LogP contribution is -2.23. The van der Waals surface area contributed by atoms with Crippen LogP contribution in [0.2, 0.25) is 0 Å². The third kappa shape index (κ3) is 4.07. The fourth-order valence-electron chi connectivity index (χ4n) is 4.34. The van der Waals surface area contributed by atoms with Crippen LogP contribution < -0.4 is 10.9 Å². The van der Waals surface area contributed by atoms with Crippen LogP contribution in [0, 0.1) is 6.92 Å². The molecule has 5 rings (SSSR count). The van der Waals surface area contributed by atoms with E-state index < -0.39 is 0 Å². The van der Waals surface area contributed by atoms with E-state index in [1.807, 2.05) is 54.9 Å². The number of para-hydroxylation sites is 1. The minimum atomic E-state index is -0.258. The second-order valence-corrected chi connectivity index (χ2v) is 9.48. The summed E-state index contributed by atoms with van der Waals surface area (Å²) < 4.78 is 5.27. The molecule has 2 unspecified atom stereocenters. The minimum absolute atomic E-state index is 0.137. The molecule has 2 aromatic heterocycles. The highest BCUT2D eigenvalue weighted by atomic mass is 32.2. The molecule has 2 aromatic carbocycles. The standard InChI is InChI=1S/C25H26N6O2S/c1-16-22(24(33)31(30(16)3)18-12-8-5-9-13-18)26-21(32)15-34-25-28-27-23(29(25)2)20-14-19(20)17-10-6-4-7-11-17/h4-13,19-20H,14-15H2,1-3H3,(H,26,32). The smallest absolute Gasteiger partial charge is 0.295 e. The zero-order chi connectivity index (χ0) is 23.8. The molecule has 0 bridgehead atoms. The highest BCUT2D eigenvalue weighted by molar-refractivity contribution is 7.99. The molecule has 2 atom stereocenters. The predicted molar refractivity (Wildman–Crippen MR) is 133 cm³/mol. The van der Waals surface area contributed by atoms with Gasteiger partial charge < -0.3 is 9.88 Å². The third-order valence-electron chi connectivity index (χ3n) is 6.37. The van der Waals surface area contributed by atoms with Crippen LogP contribution in [0.4, 0.5) is 5.69 Å². The second-order valence-electron chi connectivity index (χ2n) is 8.53. The van der Waals surface area contributed by atoms with Gasteiger partial charge in [-0.05, 0) is 37.0 Å². The summed E-state index contributed by atoms with van der Waals surface area (Å²) in [6.45, 7) is 1.82. The average Bonchev–Trinajstić information content (AvgIpc) is 3.52. The number of rotatable bonds is 7. The van der Waals surface area contributed by atoms with Gasteiger partial charge in [-0.3, -0.25) is 14.3 Å². The van der Waals surface area contributed by atoms with E-state index >= 15 is 0 Å². The number of amides is 1. The Labute approximate surface area is 201 Å². The zero-order valence-corrected chi connectivity index (χ0v) is 20.1. The number of carbonyl (C=O) groups excluding carboxylic acids is 1. The molecule has 1 fully saturated rings. The maximum atomic E-state index is 13.0. The second kappa shape index (κ2) is 8.98. The van der Waals surface area contributed by atoms with E-state index in [-0.39, 0.29) is 17.2 Å². The highest BCUT2D eigenvalue weighted by Crippen LogP contribution is 2.54.